The number of sulfonamides is 1. The highest BCUT2D eigenvalue weighted by atomic mass is 127. The zero-order valence-corrected chi connectivity index (χ0v) is 13.4. The molecule has 19 heavy (non-hydrogen) atoms. The first-order valence-corrected chi connectivity index (χ1v) is 8.12. The van der Waals surface area contributed by atoms with Gasteiger partial charge < -0.3 is 0 Å². The Balaban J connectivity index is 3.01. The van der Waals surface area contributed by atoms with Crippen molar-refractivity contribution in [2.75, 3.05) is 13.1 Å². The highest BCUT2D eigenvalue weighted by Crippen LogP contribution is 2.19. The summed E-state index contributed by atoms with van der Waals surface area (Å²) in [7, 11) is -3.71. The van der Waals surface area contributed by atoms with Gasteiger partial charge in [0.1, 0.15) is 13.1 Å². The Kier molecular flexibility index (Phi) is 6.01. The smallest absolute Gasteiger partial charge is 0.212 e. The van der Waals surface area contributed by atoms with Crippen molar-refractivity contribution in [3.05, 3.63) is 32.4 Å². The van der Waals surface area contributed by atoms with Crippen molar-refractivity contribution in [3.8, 4) is 12.1 Å². The number of hydrogen-bond donors (Lipinski definition) is 0. The molecular weight excluding hydrogens is 401 g/mol. The summed E-state index contributed by atoms with van der Waals surface area (Å²) >= 11 is 7.90. The quantitative estimate of drug-likeness (QED) is 0.551. The second-order valence-corrected chi connectivity index (χ2v) is 7.27. The predicted molar refractivity (Wildman–Crippen MR) is 79.6 cm³/mol. The third-order valence-corrected chi connectivity index (χ3v) is 4.74. The fourth-order valence-corrected chi connectivity index (χ4v) is 3.86. The molecule has 0 unspecified atom stereocenters. The van der Waals surface area contributed by atoms with Crippen molar-refractivity contribution >= 4 is 44.2 Å². The van der Waals surface area contributed by atoms with Crippen molar-refractivity contribution in [1.29, 1.82) is 10.5 Å². The minimum absolute atomic E-state index is 0.285. The van der Waals surface area contributed by atoms with E-state index >= 15 is 0 Å². The van der Waals surface area contributed by atoms with E-state index in [4.69, 9.17) is 22.1 Å². The topological polar surface area (TPSA) is 85.0 Å². The van der Waals surface area contributed by atoms with Crippen LogP contribution in [0.15, 0.2) is 18.2 Å². The van der Waals surface area contributed by atoms with Gasteiger partial charge in [-0.2, -0.15) is 14.8 Å². The maximum Gasteiger partial charge on any atom is 0.220 e. The van der Waals surface area contributed by atoms with E-state index in [0.717, 1.165) is 7.88 Å². The molecule has 0 saturated carbocycles. The molecule has 0 atom stereocenters. The van der Waals surface area contributed by atoms with Crippen LogP contribution in [0.3, 0.4) is 0 Å². The Morgan fingerprint density at radius 2 is 1.79 bits per heavy atom. The SMILES string of the molecule is N#CCN(CC#N)S(=O)(=O)Cc1cc(Cl)cc(I)c1. The summed E-state index contributed by atoms with van der Waals surface area (Å²) in [5.74, 6) is -0.285. The lowest BCUT2D eigenvalue weighted by Crippen LogP contribution is -2.32. The van der Waals surface area contributed by atoms with E-state index in [9.17, 15) is 8.42 Å². The van der Waals surface area contributed by atoms with Crippen LogP contribution in [0.5, 0.6) is 0 Å². The molecule has 0 aliphatic carbocycles. The van der Waals surface area contributed by atoms with Gasteiger partial charge in [0.2, 0.25) is 10.0 Å². The van der Waals surface area contributed by atoms with Gasteiger partial charge in [-0.3, -0.25) is 0 Å². The second kappa shape index (κ2) is 7.06. The van der Waals surface area contributed by atoms with Crippen molar-refractivity contribution in [3.63, 3.8) is 0 Å². The molecule has 0 aromatic heterocycles. The summed E-state index contributed by atoms with van der Waals surface area (Å²) in [6.07, 6.45) is 0. The Hall–Kier alpha value is -0.870. The van der Waals surface area contributed by atoms with E-state index < -0.39 is 10.0 Å². The molecule has 0 radical (unpaired) electrons. The molecule has 0 aliphatic heterocycles. The molecule has 100 valence electrons. The minimum atomic E-state index is -3.71. The number of halogens is 2. The van der Waals surface area contributed by atoms with Gasteiger partial charge in [-0.1, -0.05) is 11.6 Å². The molecule has 0 aliphatic rings. The average molecular weight is 410 g/mol. The molecule has 1 aromatic rings. The standard InChI is InChI=1S/C11H9ClIN3O2S/c12-10-5-9(6-11(13)7-10)8-19(17,18)16(3-1-14)4-2-15/h5-7H,3-4,8H2. The third-order valence-electron chi connectivity index (χ3n) is 2.16. The number of nitriles is 2. The van der Waals surface area contributed by atoms with E-state index in [1.807, 2.05) is 22.6 Å². The van der Waals surface area contributed by atoms with Gasteiger partial charge in [0.25, 0.3) is 0 Å². The molecule has 0 amide bonds. The van der Waals surface area contributed by atoms with Crippen LogP contribution in [0, 0.1) is 26.2 Å². The summed E-state index contributed by atoms with van der Waals surface area (Å²) in [5.41, 5.74) is 0.526. The molecule has 0 N–H and O–H groups in total. The highest BCUT2D eigenvalue weighted by molar-refractivity contribution is 14.1. The molecule has 5 nitrogen and oxygen atoms in total. The molecule has 8 heteroatoms. The lowest BCUT2D eigenvalue weighted by Gasteiger charge is -2.16. The van der Waals surface area contributed by atoms with Crippen LogP contribution in [0.1, 0.15) is 5.56 Å². The molecule has 0 bridgehead atoms. The molecule has 0 heterocycles. The van der Waals surface area contributed by atoms with Crippen LogP contribution >= 0.6 is 34.2 Å². The van der Waals surface area contributed by atoms with Gasteiger partial charge in [0.15, 0.2) is 0 Å². The monoisotopic (exact) mass is 409 g/mol. The lowest BCUT2D eigenvalue weighted by atomic mass is 10.2. The first-order valence-electron chi connectivity index (χ1n) is 5.05. The predicted octanol–water partition coefficient (Wildman–Crippen LogP) is 2.12. The third kappa shape index (κ3) is 4.96. The van der Waals surface area contributed by atoms with E-state index in [0.29, 0.717) is 10.6 Å². The zero-order valence-electron chi connectivity index (χ0n) is 9.68. The molecule has 1 aromatic carbocycles. The summed E-state index contributed by atoms with van der Waals surface area (Å²) in [4.78, 5) is 0. The van der Waals surface area contributed by atoms with Crippen LogP contribution < -0.4 is 0 Å². The number of benzene rings is 1. The highest BCUT2D eigenvalue weighted by Gasteiger charge is 2.22. The average Bonchev–Trinajstić information content (AvgIpc) is 2.26. The number of rotatable bonds is 5. The van der Waals surface area contributed by atoms with Gasteiger partial charge in [0.05, 0.1) is 17.9 Å². The maximum absolute atomic E-state index is 12.1. The van der Waals surface area contributed by atoms with Crippen molar-refractivity contribution in [2.24, 2.45) is 0 Å². The minimum Gasteiger partial charge on any atom is -0.212 e. The maximum atomic E-state index is 12.1. The van der Waals surface area contributed by atoms with E-state index in [1.165, 1.54) is 0 Å². The Labute approximate surface area is 130 Å². The molecular formula is C11H9ClIN3O2S. The first kappa shape index (κ1) is 16.2. The summed E-state index contributed by atoms with van der Waals surface area (Å²) in [6, 6.07) is 8.43. The van der Waals surface area contributed by atoms with Gasteiger partial charge in [-0.25, -0.2) is 8.42 Å². The molecule has 0 spiro atoms. The number of hydrogen-bond acceptors (Lipinski definition) is 4. The lowest BCUT2D eigenvalue weighted by molar-refractivity contribution is 0.478. The largest absolute Gasteiger partial charge is 0.220 e. The van der Waals surface area contributed by atoms with Crippen LogP contribution in [0.4, 0.5) is 0 Å². The molecule has 1 rings (SSSR count). The van der Waals surface area contributed by atoms with Crippen LogP contribution in [-0.2, 0) is 15.8 Å². The normalized spacial score (nSPS) is 11.0. The van der Waals surface area contributed by atoms with E-state index in [2.05, 4.69) is 0 Å². The van der Waals surface area contributed by atoms with Crippen molar-refractivity contribution in [1.82, 2.24) is 4.31 Å². The van der Waals surface area contributed by atoms with Crippen LogP contribution in [-0.4, -0.2) is 25.8 Å². The fourth-order valence-electron chi connectivity index (χ4n) is 1.41. The zero-order chi connectivity index (χ0) is 14.5. The fraction of sp³-hybridized carbons (Fsp3) is 0.273. The Morgan fingerprint density at radius 3 is 2.26 bits per heavy atom. The van der Waals surface area contributed by atoms with Gasteiger partial charge in [-0.05, 0) is 46.4 Å². The molecule has 0 saturated heterocycles. The Morgan fingerprint density at radius 1 is 1.21 bits per heavy atom. The number of nitrogens with zero attached hydrogens (tertiary/aromatic N) is 3. The Bertz CT molecular complexity index is 613. The summed E-state index contributed by atoms with van der Waals surface area (Å²) in [5, 5.41) is 17.6. The van der Waals surface area contributed by atoms with E-state index in [1.54, 1.807) is 30.3 Å². The van der Waals surface area contributed by atoms with Gasteiger partial charge in [0, 0.05) is 8.59 Å². The second-order valence-electron chi connectivity index (χ2n) is 3.62. The van der Waals surface area contributed by atoms with Gasteiger partial charge in [-0.15, -0.1) is 0 Å². The van der Waals surface area contributed by atoms with Crippen molar-refractivity contribution in [2.45, 2.75) is 5.75 Å². The summed E-state index contributed by atoms with van der Waals surface area (Å²) < 4.78 is 25.8. The van der Waals surface area contributed by atoms with Crippen molar-refractivity contribution < 1.29 is 8.42 Å². The van der Waals surface area contributed by atoms with Crippen LogP contribution in [0.25, 0.3) is 0 Å². The summed E-state index contributed by atoms with van der Waals surface area (Å²) in [6.45, 7) is -0.679. The van der Waals surface area contributed by atoms with E-state index in [-0.39, 0.29) is 18.8 Å². The van der Waals surface area contributed by atoms with Crippen LogP contribution in [0.2, 0.25) is 5.02 Å². The first-order chi connectivity index (χ1) is 8.89. The molecule has 0 fully saturated rings. The van der Waals surface area contributed by atoms with Gasteiger partial charge >= 0.3 is 0 Å².